The Morgan fingerprint density at radius 1 is 0.309 bits per heavy atom. The number of carbonyl (C=O) groups excluding carboxylic acids is 2. The molecule has 0 radical (unpaired) electrons. The van der Waals surface area contributed by atoms with Crippen molar-refractivity contribution in [1.29, 1.82) is 0 Å². The predicted octanol–water partition coefficient (Wildman–Crippen LogP) is 26.4. The molecule has 0 aromatic rings. The van der Waals surface area contributed by atoms with E-state index in [1.165, 1.54) is 128 Å². The Morgan fingerprint density at radius 2 is 0.536 bits per heavy atom. The zero-order valence-electron chi connectivity index (χ0n) is 61.7. The van der Waals surface area contributed by atoms with Crippen molar-refractivity contribution in [1.82, 2.24) is 0 Å². The largest absolute Gasteiger partial charge is 0.472 e. The van der Waals surface area contributed by atoms with Crippen LogP contribution in [0.3, 0.4) is 0 Å². The van der Waals surface area contributed by atoms with Crippen LogP contribution in [0, 0.1) is 0 Å². The molecule has 0 saturated carbocycles. The van der Waals surface area contributed by atoms with Crippen LogP contribution < -0.4 is 5.73 Å². The van der Waals surface area contributed by atoms with Gasteiger partial charge in [-0.1, -0.05) is 350 Å². The number of phosphoric acid groups is 1. The van der Waals surface area contributed by atoms with Crippen LogP contribution in [0.1, 0.15) is 309 Å². The van der Waals surface area contributed by atoms with Gasteiger partial charge in [0.2, 0.25) is 0 Å². The molecule has 0 heterocycles. The van der Waals surface area contributed by atoms with Gasteiger partial charge in [0.05, 0.1) is 13.2 Å². The van der Waals surface area contributed by atoms with Crippen LogP contribution >= 0.6 is 7.82 Å². The third kappa shape index (κ3) is 79.7. The average molecular weight is 1360 g/mol. The Labute approximate surface area is 596 Å². The summed E-state index contributed by atoms with van der Waals surface area (Å²) in [6.07, 6.45) is 121. The van der Waals surface area contributed by atoms with Crippen LogP contribution in [0.25, 0.3) is 0 Å². The molecular formula is C87H142NO8P. The molecule has 3 N–H and O–H groups in total. The summed E-state index contributed by atoms with van der Waals surface area (Å²) in [6.45, 7) is 3.49. The van der Waals surface area contributed by atoms with Crippen molar-refractivity contribution >= 4 is 19.8 Å². The monoisotopic (exact) mass is 1360 g/mol. The van der Waals surface area contributed by atoms with E-state index in [0.717, 1.165) is 148 Å². The lowest BCUT2D eigenvalue weighted by Crippen LogP contribution is -2.29. The second kappa shape index (κ2) is 79.8. The van der Waals surface area contributed by atoms with Gasteiger partial charge in [0.25, 0.3) is 0 Å². The summed E-state index contributed by atoms with van der Waals surface area (Å²) in [6, 6.07) is 0. The molecular weight excluding hydrogens is 1220 g/mol. The fourth-order valence-corrected chi connectivity index (χ4v) is 11.1. The summed E-state index contributed by atoms with van der Waals surface area (Å²) >= 11 is 0. The van der Waals surface area contributed by atoms with Gasteiger partial charge < -0.3 is 20.1 Å². The molecule has 0 aliphatic carbocycles. The zero-order valence-corrected chi connectivity index (χ0v) is 62.6. The molecule has 2 unspecified atom stereocenters. The standard InChI is InChI=1S/C87H142NO8P/c1-3-5-7-9-11-13-15-17-19-21-23-25-27-29-31-33-35-37-39-40-41-42-43-44-46-47-49-51-53-55-57-59-61-63-65-67-69-71-73-75-77-79-86(89)93-83-85(84-95-97(91,92)94-82-81-88)96-87(90)80-78-76-74-72-70-68-66-64-62-60-58-56-54-52-50-48-45-38-36-34-32-30-28-26-24-22-20-18-16-14-12-10-8-6-4-2/h5-8,11-14,17-20,23-26,29-32,35-38,48,50,54,56,60,62,66,68,85H,3-4,9-10,15-16,21-22,27-28,33-34,39-47,49,51-53,55,57-59,61,63-65,67,69-84,88H2,1-2H3,(H,91,92)/b7-5-,8-6-,13-11-,14-12-,19-17-,20-18-,25-23-,26-24-,31-29-,32-30-,37-35-,38-36-,50-48-,56-54-,62-60-,68-66-. The van der Waals surface area contributed by atoms with Crippen molar-refractivity contribution in [3.05, 3.63) is 194 Å². The lowest BCUT2D eigenvalue weighted by molar-refractivity contribution is -0.161. The highest BCUT2D eigenvalue weighted by Gasteiger charge is 2.26. The molecule has 0 rings (SSSR count). The van der Waals surface area contributed by atoms with E-state index < -0.39 is 32.5 Å². The quantitative estimate of drug-likeness (QED) is 0.0264. The molecule has 0 bridgehead atoms. The van der Waals surface area contributed by atoms with E-state index >= 15 is 0 Å². The fourth-order valence-electron chi connectivity index (χ4n) is 10.3. The molecule has 0 amide bonds. The molecule has 10 heteroatoms. The van der Waals surface area contributed by atoms with Crippen LogP contribution in [0.15, 0.2) is 194 Å². The summed E-state index contributed by atoms with van der Waals surface area (Å²) < 4.78 is 33.2. The molecule has 548 valence electrons. The zero-order chi connectivity index (χ0) is 70.0. The third-order valence-electron chi connectivity index (χ3n) is 16.0. The van der Waals surface area contributed by atoms with Crippen molar-refractivity contribution in [2.75, 3.05) is 26.4 Å². The first-order chi connectivity index (χ1) is 47.8. The van der Waals surface area contributed by atoms with Gasteiger partial charge in [0, 0.05) is 19.4 Å². The second-order valence-corrected chi connectivity index (χ2v) is 26.6. The van der Waals surface area contributed by atoms with Crippen molar-refractivity contribution in [3.63, 3.8) is 0 Å². The van der Waals surface area contributed by atoms with Crippen molar-refractivity contribution in [2.24, 2.45) is 5.73 Å². The number of nitrogens with two attached hydrogens (primary N) is 1. The molecule has 0 aromatic carbocycles. The van der Waals surface area contributed by atoms with Crippen LogP contribution in [-0.4, -0.2) is 49.3 Å². The van der Waals surface area contributed by atoms with E-state index in [1.54, 1.807) is 0 Å². The number of allylic oxidation sites excluding steroid dienone is 32. The number of phosphoric ester groups is 1. The lowest BCUT2D eigenvalue weighted by Gasteiger charge is -2.19. The van der Waals surface area contributed by atoms with Crippen molar-refractivity contribution in [3.8, 4) is 0 Å². The second-order valence-electron chi connectivity index (χ2n) is 25.1. The van der Waals surface area contributed by atoms with Gasteiger partial charge in [-0.2, -0.15) is 0 Å². The van der Waals surface area contributed by atoms with Gasteiger partial charge in [-0.25, -0.2) is 4.57 Å². The summed E-state index contributed by atoms with van der Waals surface area (Å²) in [5, 5.41) is 0. The maximum absolute atomic E-state index is 12.8. The number of rotatable bonds is 71. The topological polar surface area (TPSA) is 134 Å². The number of esters is 2. The highest BCUT2D eigenvalue weighted by molar-refractivity contribution is 7.47. The molecule has 0 aliphatic heterocycles. The van der Waals surface area contributed by atoms with Gasteiger partial charge >= 0.3 is 19.8 Å². The Bertz CT molecular complexity index is 2300. The number of unbranched alkanes of at least 4 members (excludes halogenated alkanes) is 26. The summed E-state index contributed by atoms with van der Waals surface area (Å²) in [5.41, 5.74) is 5.41. The summed E-state index contributed by atoms with van der Waals surface area (Å²) in [4.78, 5) is 35.4. The minimum Gasteiger partial charge on any atom is -0.462 e. The maximum Gasteiger partial charge on any atom is 0.472 e. The van der Waals surface area contributed by atoms with Crippen LogP contribution in [0.5, 0.6) is 0 Å². The smallest absolute Gasteiger partial charge is 0.462 e. The van der Waals surface area contributed by atoms with Crippen LogP contribution in [0.2, 0.25) is 0 Å². The van der Waals surface area contributed by atoms with Gasteiger partial charge in [-0.05, 0) is 141 Å². The number of carbonyl (C=O) groups is 2. The Balaban J connectivity index is 3.91. The summed E-state index contributed by atoms with van der Waals surface area (Å²) in [5.74, 6) is -0.860. The normalized spacial score (nSPS) is 14.0. The van der Waals surface area contributed by atoms with E-state index in [2.05, 4.69) is 208 Å². The van der Waals surface area contributed by atoms with Gasteiger partial charge in [-0.3, -0.25) is 18.6 Å². The minimum atomic E-state index is -4.42. The molecule has 0 aliphatic rings. The Morgan fingerprint density at radius 3 is 0.794 bits per heavy atom. The minimum absolute atomic E-state index is 0.0409. The molecule has 9 nitrogen and oxygen atoms in total. The van der Waals surface area contributed by atoms with E-state index in [4.69, 9.17) is 24.3 Å². The predicted molar refractivity (Wildman–Crippen MR) is 422 cm³/mol. The average Bonchev–Trinajstić information content (AvgIpc) is 2.69. The lowest BCUT2D eigenvalue weighted by atomic mass is 10.0. The highest BCUT2D eigenvalue weighted by Crippen LogP contribution is 2.43. The Hall–Kier alpha value is -5.15. The third-order valence-corrected chi connectivity index (χ3v) is 17.0. The van der Waals surface area contributed by atoms with E-state index in [0.29, 0.717) is 6.42 Å². The molecule has 0 aromatic heterocycles. The SMILES string of the molecule is CC/C=C\C/C=C\C/C=C\C/C=C\C/C=C\C/C=C\C/C=C\C/C=C\C/C=C\C/C=C\CCCCCCC(=O)OC(COC(=O)CCCCCCCCCCCCCCCCCCCCCCCC/C=C\C/C=C\C/C=C\C/C=C\C/C=C\C/C=C\CC)COP(=O)(O)OCCN. The van der Waals surface area contributed by atoms with Gasteiger partial charge in [-0.15, -0.1) is 0 Å². The first kappa shape index (κ1) is 91.8. The molecule has 2 atom stereocenters. The first-order valence-corrected chi connectivity index (χ1v) is 40.4. The first-order valence-electron chi connectivity index (χ1n) is 38.9. The van der Waals surface area contributed by atoms with Crippen LogP contribution in [-0.2, 0) is 32.7 Å². The molecule has 0 fully saturated rings. The fraction of sp³-hybridized carbons (Fsp3) is 0.609. The van der Waals surface area contributed by atoms with E-state index in [1.807, 2.05) is 0 Å². The molecule has 0 spiro atoms. The number of hydrogen-bond donors (Lipinski definition) is 2. The van der Waals surface area contributed by atoms with E-state index in [9.17, 15) is 19.0 Å². The van der Waals surface area contributed by atoms with Gasteiger partial charge in [0.15, 0.2) is 6.10 Å². The highest BCUT2D eigenvalue weighted by atomic mass is 31.2. The van der Waals surface area contributed by atoms with E-state index in [-0.39, 0.29) is 32.6 Å². The van der Waals surface area contributed by atoms with Crippen molar-refractivity contribution in [2.45, 2.75) is 315 Å². The number of ether oxygens (including phenoxy) is 2. The number of hydrogen-bond acceptors (Lipinski definition) is 8. The summed E-state index contributed by atoms with van der Waals surface area (Å²) in [7, 11) is -4.42. The molecule has 0 saturated heterocycles. The van der Waals surface area contributed by atoms with Gasteiger partial charge in [0.1, 0.15) is 6.61 Å². The maximum atomic E-state index is 12.8. The molecule has 97 heavy (non-hydrogen) atoms. The van der Waals surface area contributed by atoms with Crippen molar-refractivity contribution < 1.29 is 37.6 Å². The van der Waals surface area contributed by atoms with Crippen LogP contribution in [0.4, 0.5) is 0 Å². The Kier molecular flexibility index (Phi) is 75.6.